The van der Waals surface area contributed by atoms with Gasteiger partial charge in [-0.3, -0.25) is 0 Å². The van der Waals surface area contributed by atoms with Crippen LogP contribution in [0.5, 0.6) is 0 Å². The Morgan fingerprint density at radius 3 is 2.68 bits per heavy atom. The molecule has 1 aromatic carbocycles. The van der Waals surface area contributed by atoms with Crippen LogP contribution in [0.2, 0.25) is 0 Å². The number of nitrogens with one attached hydrogen (secondary N) is 1. The number of rotatable bonds is 5. The fourth-order valence-corrected chi connectivity index (χ4v) is 5.02. The lowest BCUT2D eigenvalue weighted by atomic mass is 10.1. The van der Waals surface area contributed by atoms with Crippen LogP contribution in [-0.2, 0) is 9.84 Å². The first-order chi connectivity index (χ1) is 11.9. The van der Waals surface area contributed by atoms with Crippen molar-refractivity contribution in [1.29, 1.82) is 0 Å². The van der Waals surface area contributed by atoms with Gasteiger partial charge in [-0.05, 0) is 38.8 Å². The van der Waals surface area contributed by atoms with Crippen molar-refractivity contribution in [1.82, 2.24) is 9.97 Å². The van der Waals surface area contributed by atoms with E-state index < -0.39 is 9.84 Å². The van der Waals surface area contributed by atoms with Gasteiger partial charge in [-0.2, -0.15) is 0 Å². The van der Waals surface area contributed by atoms with Crippen LogP contribution in [0.4, 0.5) is 17.3 Å². The number of benzene rings is 1. The van der Waals surface area contributed by atoms with Gasteiger partial charge < -0.3 is 10.2 Å². The van der Waals surface area contributed by atoms with Crippen molar-refractivity contribution in [3.05, 3.63) is 41.7 Å². The van der Waals surface area contributed by atoms with Gasteiger partial charge in [0, 0.05) is 24.3 Å². The SMILES string of the molecule is CCN(c1cc(Nc2ccc(C)cc2C)ncn1)C1CCS(=O)(=O)C1. The molecule has 0 radical (unpaired) electrons. The Morgan fingerprint density at radius 1 is 1.24 bits per heavy atom. The minimum atomic E-state index is -2.93. The second-order valence-electron chi connectivity index (χ2n) is 6.55. The minimum absolute atomic E-state index is 0.0149. The molecule has 7 heteroatoms. The Labute approximate surface area is 149 Å². The van der Waals surface area contributed by atoms with Crippen molar-refractivity contribution in [3.63, 3.8) is 0 Å². The highest BCUT2D eigenvalue weighted by Gasteiger charge is 2.32. The molecular weight excluding hydrogens is 336 g/mol. The monoisotopic (exact) mass is 360 g/mol. The molecule has 25 heavy (non-hydrogen) atoms. The molecule has 6 nitrogen and oxygen atoms in total. The van der Waals surface area contributed by atoms with Gasteiger partial charge in [0.05, 0.1) is 11.5 Å². The molecule has 1 saturated heterocycles. The number of hydrogen-bond donors (Lipinski definition) is 1. The molecular formula is C18H24N4O2S. The molecule has 3 rings (SSSR count). The highest BCUT2D eigenvalue weighted by atomic mass is 32.2. The van der Waals surface area contributed by atoms with Crippen LogP contribution in [0.15, 0.2) is 30.6 Å². The van der Waals surface area contributed by atoms with Crippen molar-refractivity contribution in [2.24, 2.45) is 0 Å². The fourth-order valence-electron chi connectivity index (χ4n) is 3.29. The predicted octanol–water partition coefficient (Wildman–Crippen LogP) is 2.85. The number of aromatic nitrogens is 2. The number of sulfone groups is 1. The first kappa shape index (κ1) is 17.7. The summed E-state index contributed by atoms with van der Waals surface area (Å²) < 4.78 is 23.6. The molecule has 1 atom stereocenters. The van der Waals surface area contributed by atoms with E-state index in [2.05, 4.69) is 46.2 Å². The Balaban J connectivity index is 1.82. The zero-order valence-electron chi connectivity index (χ0n) is 14.9. The summed E-state index contributed by atoms with van der Waals surface area (Å²) in [5.74, 6) is 1.92. The van der Waals surface area contributed by atoms with Crippen LogP contribution in [0.1, 0.15) is 24.5 Å². The Morgan fingerprint density at radius 2 is 2.04 bits per heavy atom. The summed E-state index contributed by atoms with van der Waals surface area (Å²) in [6.45, 7) is 6.85. The van der Waals surface area contributed by atoms with Gasteiger partial charge >= 0.3 is 0 Å². The lowest BCUT2D eigenvalue weighted by Crippen LogP contribution is -2.36. The molecule has 1 aliphatic heterocycles. The Bertz CT molecular complexity index is 867. The van der Waals surface area contributed by atoms with Crippen LogP contribution in [-0.4, -0.2) is 42.5 Å². The number of aryl methyl sites for hydroxylation is 2. The Hall–Kier alpha value is -2.15. The molecule has 0 saturated carbocycles. The van der Waals surface area contributed by atoms with Gasteiger partial charge in [0.2, 0.25) is 0 Å². The number of anilines is 3. The molecule has 1 aliphatic rings. The van der Waals surface area contributed by atoms with Gasteiger partial charge in [0.1, 0.15) is 18.0 Å². The highest BCUT2D eigenvalue weighted by Crippen LogP contribution is 2.26. The lowest BCUT2D eigenvalue weighted by molar-refractivity contribution is 0.599. The number of hydrogen-bond acceptors (Lipinski definition) is 6. The minimum Gasteiger partial charge on any atom is -0.353 e. The first-order valence-electron chi connectivity index (χ1n) is 8.51. The van der Waals surface area contributed by atoms with Gasteiger partial charge in [0.25, 0.3) is 0 Å². The zero-order valence-corrected chi connectivity index (χ0v) is 15.7. The van der Waals surface area contributed by atoms with Crippen molar-refractivity contribution in [2.75, 3.05) is 28.3 Å². The maximum absolute atomic E-state index is 11.8. The summed E-state index contributed by atoms with van der Waals surface area (Å²) in [6, 6.07) is 8.07. The van der Waals surface area contributed by atoms with Crippen LogP contribution >= 0.6 is 0 Å². The summed E-state index contributed by atoms with van der Waals surface area (Å²) in [4.78, 5) is 10.7. The van der Waals surface area contributed by atoms with Gasteiger partial charge in [0.15, 0.2) is 9.84 Å². The number of nitrogens with zero attached hydrogens (tertiary/aromatic N) is 3. The third-order valence-electron chi connectivity index (χ3n) is 4.58. The van der Waals surface area contributed by atoms with E-state index in [0.29, 0.717) is 18.8 Å². The molecule has 1 fully saturated rings. The molecule has 2 aromatic rings. The van der Waals surface area contributed by atoms with Crippen molar-refractivity contribution in [3.8, 4) is 0 Å². The molecule has 0 bridgehead atoms. The fraction of sp³-hybridized carbons (Fsp3) is 0.444. The molecule has 2 heterocycles. The maximum atomic E-state index is 11.8. The third-order valence-corrected chi connectivity index (χ3v) is 6.33. The van der Waals surface area contributed by atoms with Crippen LogP contribution in [0.25, 0.3) is 0 Å². The van der Waals surface area contributed by atoms with Gasteiger partial charge in [-0.1, -0.05) is 17.7 Å². The van der Waals surface area contributed by atoms with Crippen LogP contribution in [0, 0.1) is 13.8 Å². The molecule has 1 aromatic heterocycles. The van der Waals surface area contributed by atoms with Crippen LogP contribution < -0.4 is 10.2 Å². The average Bonchev–Trinajstić information content (AvgIpc) is 2.91. The lowest BCUT2D eigenvalue weighted by Gasteiger charge is -2.28. The van der Waals surface area contributed by atoms with Gasteiger partial charge in [-0.15, -0.1) is 0 Å². The van der Waals surface area contributed by atoms with Crippen LogP contribution in [0.3, 0.4) is 0 Å². The van der Waals surface area contributed by atoms with E-state index in [9.17, 15) is 8.42 Å². The van der Waals surface area contributed by atoms with E-state index >= 15 is 0 Å². The highest BCUT2D eigenvalue weighted by molar-refractivity contribution is 7.91. The molecule has 1 N–H and O–H groups in total. The van der Waals surface area contributed by atoms with Crippen molar-refractivity contribution in [2.45, 2.75) is 33.2 Å². The summed E-state index contributed by atoms with van der Waals surface area (Å²) in [5.41, 5.74) is 3.36. The van der Waals surface area contributed by atoms with E-state index in [1.54, 1.807) is 0 Å². The molecule has 0 amide bonds. The smallest absolute Gasteiger partial charge is 0.152 e. The Kier molecular flexibility index (Phi) is 4.94. The van der Waals surface area contributed by atoms with E-state index in [4.69, 9.17) is 0 Å². The summed E-state index contributed by atoms with van der Waals surface area (Å²) >= 11 is 0. The second-order valence-corrected chi connectivity index (χ2v) is 8.78. The summed E-state index contributed by atoms with van der Waals surface area (Å²) in [5, 5.41) is 3.33. The maximum Gasteiger partial charge on any atom is 0.152 e. The molecule has 134 valence electrons. The predicted molar refractivity (Wildman–Crippen MR) is 101 cm³/mol. The standard InChI is InChI=1S/C18H24N4O2S/c1-4-22(15-7-8-25(23,24)11-15)18-10-17(19-12-20-18)21-16-6-5-13(2)9-14(16)3/h5-6,9-10,12,15H,4,7-8,11H2,1-3H3,(H,19,20,21). The molecule has 1 unspecified atom stereocenters. The second kappa shape index (κ2) is 7.00. The quantitative estimate of drug-likeness (QED) is 0.884. The van der Waals surface area contributed by atoms with Crippen molar-refractivity contribution >= 4 is 27.2 Å². The normalized spacial score (nSPS) is 18.9. The van der Waals surface area contributed by atoms with E-state index in [1.165, 1.54) is 11.9 Å². The van der Waals surface area contributed by atoms with Crippen molar-refractivity contribution < 1.29 is 8.42 Å². The topological polar surface area (TPSA) is 75.2 Å². The molecule has 0 aliphatic carbocycles. The largest absolute Gasteiger partial charge is 0.353 e. The summed E-state index contributed by atoms with van der Waals surface area (Å²) in [6.07, 6.45) is 2.17. The van der Waals surface area contributed by atoms with Gasteiger partial charge in [-0.25, -0.2) is 18.4 Å². The zero-order chi connectivity index (χ0) is 18.0. The molecule has 0 spiro atoms. The first-order valence-corrected chi connectivity index (χ1v) is 10.3. The van der Waals surface area contributed by atoms with E-state index in [-0.39, 0.29) is 17.5 Å². The van der Waals surface area contributed by atoms with E-state index in [1.807, 2.05) is 19.1 Å². The average molecular weight is 360 g/mol. The van der Waals surface area contributed by atoms with E-state index in [0.717, 1.165) is 17.1 Å². The third kappa shape index (κ3) is 4.10. The summed E-state index contributed by atoms with van der Waals surface area (Å²) in [7, 11) is -2.93.